The smallest absolute Gasteiger partial charge is 0.123 e. The van der Waals surface area contributed by atoms with Crippen LogP contribution in [0.1, 0.15) is 18.1 Å². The number of aromatic hydroxyl groups is 1. The normalized spacial score (nSPS) is 12.3. The molecule has 2 rings (SSSR count). The van der Waals surface area contributed by atoms with Crippen molar-refractivity contribution in [2.75, 3.05) is 0 Å². The lowest BCUT2D eigenvalue weighted by Crippen LogP contribution is -2.27. The van der Waals surface area contributed by atoms with Gasteiger partial charge in [-0.25, -0.2) is 4.39 Å². The minimum absolute atomic E-state index is 0.203. The molecule has 0 aromatic heterocycles. The third kappa shape index (κ3) is 4.07. The Morgan fingerprint density at radius 1 is 1.16 bits per heavy atom. The van der Waals surface area contributed by atoms with Crippen LogP contribution in [0.25, 0.3) is 0 Å². The maximum absolute atomic E-state index is 13.1. The molecule has 100 valence electrons. The van der Waals surface area contributed by atoms with E-state index in [9.17, 15) is 9.50 Å². The standard InChI is InChI=1S/C16H18FNO/c1-12(9-13-5-4-7-15(17)10-13)18-11-14-6-2-3-8-16(14)19/h2-8,10,12,18-19H,9,11H2,1H3. The van der Waals surface area contributed by atoms with Gasteiger partial charge >= 0.3 is 0 Å². The molecular formula is C16H18FNO. The van der Waals surface area contributed by atoms with Crippen molar-refractivity contribution >= 4 is 0 Å². The molecule has 0 aliphatic heterocycles. The molecule has 0 bridgehead atoms. The number of nitrogens with one attached hydrogen (secondary N) is 1. The van der Waals surface area contributed by atoms with E-state index < -0.39 is 0 Å². The van der Waals surface area contributed by atoms with Crippen LogP contribution in [-0.2, 0) is 13.0 Å². The van der Waals surface area contributed by atoms with E-state index in [0.717, 1.165) is 17.5 Å². The number of para-hydroxylation sites is 1. The van der Waals surface area contributed by atoms with E-state index in [0.29, 0.717) is 12.3 Å². The van der Waals surface area contributed by atoms with Crippen molar-refractivity contribution in [3.8, 4) is 5.75 Å². The quantitative estimate of drug-likeness (QED) is 0.864. The summed E-state index contributed by atoms with van der Waals surface area (Å²) in [5.41, 5.74) is 1.84. The summed E-state index contributed by atoms with van der Waals surface area (Å²) in [5.74, 6) is 0.0957. The van der Waals surface area contributed by atoms with Crippen LogP contribution in [0.5, 0.6) is 5.75 Å². The van der Waals surface area contributed by atoms with Crippen LogP contribution in [0, 0.1) is 5.82 Å². The van der Waals surface area contributed by atoms with Crippen LogP contribution in [0.4, 0.5) is 4.39 Å². The van der Waals surface area contributed by atoms with Gasteiger partial charge in [-0.3, -0.25) is 0 Å². The fourth-order valence-corrected chi connectivity index (χ4v) is 2.03. The van der Waals surface area contributed by atoms with Crippen LogP contribution < -0.4 is 5.32 Å². The predicted octanol–water partition coefficient (Wildman–Crippen LogP) is 3.25. The molecule has 0 fully saturated rings. The molecule has 0 spiro atoms. The second-order valence-corrected chi connectivity index (χ2v) is 4.74. The topological polar surface area (TPSA) is 32.3 Å². The van der Waals surface area contributed by atoms with Crippen molar-refractivity contribution in [2.24, 2.45) is 0 Å². The minimum atomic E-state index is -0.203. The molecule has 1 atom stereocenters. The second kappa shape index (κ2) is 6.34. The Balaban J connectivity index is 1.88. The van der Waals surface area contributed by atoms with Crippen LogP contribution in [0.3, 0.4) is 0 Å². The van der Waals surface area contributed by atoms with Gasteiger partial charge in [-0.2, -0.15) is 0 Å². The van der Waals surface area contributed by atoms with E-state index in [1.807, 2.05) is 25.1 Å². The van der Waals surface area contributed by atoms with E-state index in [2.05, 4.69) is 5.32 Å². The highest BCUT2D eigenvalue weighted by molar-refractivity contribution is 5.31. The van der Waals surface area contributed by atoms with E-state index in [4.69, 9.17) is 0 Å². The molecule has 3 heteroatoms. The van der Waals surface area contributed by atoms with Gasteiger partial charge in [0, 0.05) is 18.2 Å². The number of hydrogen-bond acceptors (Lipinski definition) is 2. The lowest BCUT2D eigenvalue weighted by atomic mass is 10.1. The lowest BCUT2D eigenvalue weighted by Gasteiger charge is -2.14. The van der Waals surface area contributed by atoms with E-state index >= 15 is 0 Å². The third-order valence-corrected chi connectivity index (χ3v) is 3.06. The lowest BCUT2D eigenvalue weighted by molar-refractivity contribution is 0.458. The maximum Gasteiger partial charge on any atom is 0.123 e. The van der Waals surface area contributed by atoms with Crippen molar-refractivity contribution < 1.29 is 9.50 Å². The SMILES string of the molecule is CC(Cc1cccc(F)c1)NCc1ccccc1O. The highest BCUT2D eigenvalue weighted by atomic mass is 19.1. The van der Waals surface area contributed by atoms with Crippen molar-refractivity contribution in [1.82, 2.24) is 5.32 Å². The van der Waals surface area contributed by atoms with Crippen LogP contribution in [-0.4, -0.2) is 11.1 Å². The monoisotopic (exact) mass is 259 g/mol. The Labute approximate surface area is 112 Å². The Morgan fingerprint density at radius 2 is 1.95 bits per heavy atom. The molecule has 2 N–H and O–H groups in total. The summed E-state index contributed by atoms with van der Waals surface area (Å²) in [7, 11) is 0. The summed E-state index contributed by atoms with van der Waals surface area (Å²) in [6.45, 7) is 2.65. The number of halogens is 1. The van der Waals surface area contributed by atoms with Gasteiger partial charge < -0.3 is 10.4 Å². The van der Waals surface area contributed by atoms with Crippen molar-refractivity contribution in [2.45, 2.75) is 25.9 Å². The summed E-state index contributed by atoms with van der Waals surface area (Å²) in [6.07, 6.45) is 0.755. The molecule has 2 aromatic carbocycles. The average Bonchev–Trinajstić information content (AvgIpc) is 2.38. The zero-order chi connectivity index (χ0) is 13.7. The number of phenolic OH excluding ortho intramolecular Hbond substituents is 1. The molecule has 0 radical (unpaired) electrons. The van der Waals surface area contributed by atoms with E-state index in [1.54, 1.807) is 24.3 Å². The summed E-state index contributed by atoms with van der Waals surface area (Å²) in [4.78, 5) is 0. The molecular weight excluding hydrogens is 241 g/mol. The summed E-state index contributed by atoms with van der Waals surface area (Å²) in [6, 6.07) is 14.1. The highest BCUT2D eigenvalue weighted by Gasteiger charge is 2.05. The molecule has 1 unspecified atom stereocenters. The van der Waals surface area contributed by atoms with Crippen LogP contribution >= 0.6 is 0 Å². The van der Waals surface area contributed by atoms with Crippen molar-refractivity contribution in [3.63, 3.8) is 0 Å². The first-order valence-electron chi connectivity index (χ1n) is 6.40. The second-order valence-electron chi connectivity index (χ2n) is 4.74. The molecule has 2 aromatic rings. The summed E-state index contributed by atoms with van der Waals surface area (Å²) >= 11 is 0. The molecule has 2 nitrogen and oxygen atoms in total. The Kier molecular flexibility index (Phi) is 4.53. The molecule has 0 heterocycles. The summed E-state index contributed by atoms with van der Waals surface area (Å²) in [5, 5.41) is 13.0. The average molecular weight is 259 g/mol. The van der Waals surface area contributed by atoms with Crippen molar-refractivity contribution in [3.05, 3.63) is 65.5 Å². The molecule has 0 saturated carbocycles. The molecule has 19 heavy (non-hydrogen) atoms. The largest absolute Gasteiger partial charge is 0.508 e. The Hall–Kier alpha value is -1.87. The van der Waals surface area contributed by atoms with E-state index in [-0.39, 0.29) is 11.9 Å². The molecule has 0 aliphatic carbocycles. The third-order valence-electron chi connectivity index (χ3n) is 3.06. The number of phenols is 1. The number of benzene rings is 2. The zero-order valence-corrected chi connectivity index (χ0v) is 10.9. The van der Waals surface area contributed by atoms with Gasteiger partial charge in [-0.1, -0.05) is 30.3 Å². The van der Waals surface area contributed by atoms with Crippen molar-refractivity contribution in [1.29, 1.82) is 0 Å². The summed E-state index contributed by atoms with van der Waals surface area (Å²) < 4.78 is 13.1. The van der Waals surface area contributed by atoms with Gasteiger partial charge in [0.2, 0.25) is 0 Å². The van der Waals surface area contributed by atoms with Crippen LogP contribution in [0.15, 0.2) is 48.5 Å². The molecule has 0 amide bonds. The minimum Gasteiger partial charge on any atom is -0.508 e. The predicted molar refractivity (Wildman–Crippen MR) is 74.5 cm³/mol. The van der Waals surface area contributed by atoms with Gasteiger partial charge in [0.25, 0.3) is 0 Å². The fraction of sp³-hybridized carbons (Fsp3) is 0.250. The first-order valence-corrected chi connectivity index (χ1v) is 6.40. The van der Waals surface area contributed by atoms with Gasteiger partial charge in [0.15, 0.2) is 0 Å². The molecule has 0 aliphatic rings. The van der Waals surface area contributed by atoms with Gasteiger partial charge in [0.05, 0.1) is 0 Å². The van der Waals surface area contributed by atoms with Gasteiger partial charge in [-0.15, -0.1) is 0 Å². The first-order chi connectivity index (χ1) is 9.15. The maximum atomic E-state index is 13.1. The van der Waals surface area contributed by atoms with Gasteiger partial charge in [-0.05, 0) is 37.1 Å². The zero-order valence-electron chi connectivity index (χ0n) is 10.9. The number of rotatable bonds is 5. The number of hydrogen-bond donors (Lipinski definition) is 2. The Bertz CT molecular complexity index is 542. The van der Waals surface area contributed by atoms with Crippen LogP contribution in [0.2, 0.25) is 0 Å². The Morgan fingerprint density at radius 3 is 2.68 bits per heavy atom. The fourth-order valence-electron chi connectivity index (χ4n) is 2.03. The van der Waals surface area contributed by atoms with E-state index in [1.165, 1.54) is 6.07 Å². The highest BCUT2D eigenvalue weighted by Crippen LogP contribution is 2.15. The molecule has 0 saturated heterocycles. The first kappa shape index (κ1) is 13.6. The van der Waals surface area contributed by atoms with Gasteiger partial charge in [0.1, 0.15) is 11.6 Å².